The van der Waals surface area contributed by atoms with Gasteiger partial charge in [-0.2, -0.15) is 0 Å². The lowest BCUT2D eigenvalue weighted by atomic mass is 10.0. The number of rotatable bonds is 2. The Hall–Kier alpha value is -3.88. The molecule has 0 bridgehead atoms. The summed E-state index contributed by atoms with van der Waals surface area (Å²) in [5, 5.41) is 12.8. The third-order valence-corrected chi connectivity index (χ3v) is 5.13. The molecule has 0 fully saturated rings. The maximum Gasteiger partial charge on any atom is 0.259 e. The van der Waals surface area contributed by atoms with Crippen LogP contribution in [0.3, 0.4) is 0 Å². The molecule has 1 N–H and O–H groups in total. The van der Waals surface area contributed by atoms with Gasteiger partial charge in [-0.05, 0) is 35.4 Å². The number of nitrogens with zero attached hydrogens (tertiary/aromatic N) is 2. The Morgan fingerprint density at radius 3 is 2.35 bits per heavy atom. The molecule has 5 rings (SSSR count). The number of aliphatic hydroxyl groups is 1. The molecule has 31 heavy (non-hydrogen) atoms. The Morgan fingerprint density at radius 2 is 1.65 bits per heavy atom. The highest BCUT2D eigenvalue weighted by atomic mass is 16.6. The van der Waals surface area contributed by atoms with Crippen molar-refractivity contribution in [3.05, 3.63) is 101 Å². The predicted molar refractivity (Wildman–Crippen MR) is 121 cm³/mol. The zero-order chi connectivity index (χ0) is 21.6. The molecule has 0 atom stereocenters. The van der Waals surface area contributed by atoms with E-state index in [1.807, 2.05) is 72.8 Å². The van der Waals surface area contributed by atoms with E-state index in [2.05, 4.69) is 17.0 Å². The van der Waals surface area contributed by atoms with E-state index in [-0.39, 0.29) is 12.5 Å². The van der Waals surface area contributed by atoms with E-state index in [4.69, 9.17) is 9.94 Å². The largest absolute Gasteiger partial charge is 0.395 e. The highest BCUT2D eigenvalue weighted by Gasteiger charge is 2.19. The van der Waals surface area contributed by atoms with Crippen molar-refractivity contribution in [2.45, 2.75) is 13.0 Å². The van der Waals surface area contributed by atoms with Gasteiger partial charge in [0.05, 0.1) is 23.6 Å². The fraction of sp³-hybridized carbons (Fsp3) is 0.154. The van der Waals surface area contributed by atoms with E-state index in [1.165, 1.54) is 0 Å². The summed E-state index contributed by atoms with van der Waals surface area (Å²) in [6.07, 6.45) is 0.873. The Balaban J connectivity index is 0.000000158. The molecule has 0 saturated heterocycles. The second-order valence-electron chi connectivity index (χ2n) is 7.15. The number of benzene rings is 3. The van der Waals surface area contributed by atoms with Gasteiger partial charge in [0.2, 0.25) is 0 Å². The molecule has 154 valence electrons. The molecule has 1 amide bonds. The molecule has 0 spiro atoms. The third kappa shape index (κ3) is 4.50. The topological polar surface area (TPSA) is 62.1 Å². The van der Waals surface area contributed by atoms with Gasteiger partial charge in [0.15, 0.2) is 0 Å². The second-order valence-corrected chi connectivity index (χ2v) is 7.15. The summed E-state index contributed by atoms with van der Waals surface area (Å²) in [5.41, 5.74) is 6.15. The summed E-state index contributed by atoms with van der Waals surface area (Å²) < 4.78 is 0. The first-order valence-corrected chi connectivity index (χ1v) is 10.0. The van der Waals surface area contributed by atoms with Crippen LogP contribution in [0.2, 0.25) is 0 Å². The molecule has 2 aliphatic heterocycles. The quantitative estimate of drug-likeness (QED) is 0.650. The van der Waals surface area contributed by atoms with Crippen LogP contribution < -0.4 is 4.90 Å². The number of carbonyl (C=O) groups excluding carboxylic acids is 1. The first kappa shape index (κ1) is 20.4. The second kappa shape index (κ2) is 9.29. The first-order valence-electron chi connectivity index (χ1n) is 10.0. The molecule has 2 heterocycles. The van der Waals surface area contributed by atoms with Crippen LogP contribution in [0.15, 0.2) is 78.0 Å². The standard InChI is InChI=1S/C16H11NO.C10H11NO2/c1-17-15-9-5-3-7-13(15)11-10-12-6-2-4-8-14(12)16(17)18;12-7-8-1-3-9(4-2-8)10-5-6-13-11-10/h2-9H,1H3;1-4,12H,5-7H2. The van der Waals surface area contributed by atoms with E-state index in [0.717, 1.165) is 40.1 Å². The van der Waals surface area contributed by atoms with Gasteiger partial charge in [-0.1, -0.05) is 65.5 Å². The number of anilines is 1. The van der Waals surface area contributed by atoms with Gasteiger partial charge in [0, 0.05) is 24.6 Å². The minimum absolute atomic E-state index is 0.0212. The van der Waals surface area contributed by atoms with Crippen molar-refractivity contribution in [1.29, 1.82) is 0 Å². The zero-order valence-electron chi connectivity index (χ0n) is 17.2. The van der Waals surface area contributed by atoms with Gasteiger partial charge in [0.1, 0.15) is 6.61 Å². The normalized spacial score (nSPS) is 13.8. The van der Waals surface area contributed by atoms with Crippen LogP contribution in [0.1, 0.15) is 39.0 Å². The Morgan fingerprint density at radius 1 is 0.968 bits per heavy atom. The molecule has 5 nitrogen and oxygen atoms in total. The number of aliphatic hydroxyl groups excluding tert-OH is 1. The molecule has 0 unspecified atom stereocenters. The number of carbonyl (C=O) groups is 1. The SMILES string of the molecule is CN1C(=O)c2ccccc2C#Cc2ccccc21.OCc1ccc(C2=NOCC2)cc1. The van der Waals surface area contributed by atoms with E-state index in [0.29, 0.717) is 12.2 Å². The van der Waals surface area contributed by atoms with Crippen LogP contribution >= 0.6 is 0 Å². The molecular formula is C26H22N2O3. The molecule has 0 saturated carbocycles. The molecule has 0 aromatic heterocycles. The smallest absolute Gasteiger partial charge is 0.259 e. The van der Waals surface area contributed by atoms with E-state index in [1.54, 1.807) is 11.9 Å². The number of fused-ring (bicyclic) bond motifs is 2. The molecule has 0 aliphatic carbocycles. The summed E-state index contributed by atoms with van der Waals surface area (Å²) >= 11 is 0. The number of hydrogen-bond acceptors (Lipinski definition) is 4. The lowest BCUT2D eigenvalue weighted by Gasteiger charge is -2.21. The van der Waals surface area contributed by atoms with Gasteiger partial charge in [-0.3, -0.25) is 4.79 Å². The molecule has 5 heteroatoms. The van der Waals surface area contributed by atoms with Crippen molar-refractivity contribution in [3.63, 3.8) is 0 Å². The Labute approximate surface area is 181 Å². The van der Waals surface area contributed by atoms with Crippen LogP contribution in [-0.4, -0.2) is 30.4 Å². The average Bonchev–Trinajstić information content (AvgIpc) is 3.37. The highest BCUT2D eigenvalue weighted by Crippen LogP contribution is 2.23. The third-order valence-electron chi connectivity index (χ3n) is 5.13. The zero-order valence-corrected chi connectivity index (χ0v) is 17.2. The van der Waals surface area contributed by atoms with E-state index >= 15 is 0 Å². The number of amides is 1. The van der Waals surface area contributed by atoms with Crippen molar-refractivity contribution >= 4 is 17.3 Å². The summed E-state index contributed by atoms with van der Waals surface area (Å²) in [7, 11) is 1.78. The molecular weight excluding hydrogens is 388 g/mol. The Bertz CT molecular complexity index is 1190. The van der Waals surface area contributed by atoms with Gasteiger partial charge in [-0.15, -0.1) is 0 Å². The maximum absolute atomic E-state index is 12.4. The van der Waals surface area contributed by atoms with Crippen LogP contribution in [0, 0.1) is 11.8 Å². The summed E-state index contributed by atoms with van der Waals surface area (Å²) in [4.78, 5) is 19.0. The van der Waals surface area contributed by atoms with Crippen molar-refractivity contribution < 1.29 is 14.7 Å². The minimum Gasteiger partial charge on any atom is -0.395 e. The van der Waals surface area contributed by atoms with Crippen LogP contribution in [0.25, 0.3) is 0 Å². The van der Waals surface area contributed by atoms with Gasteiger partial charge in [-0.25, -0.2) is 0 Å². The van der Waals surface area contributed by atoms with Crippen LogP contribution in [0.5, 0.6) is 0 Å². The van der Waals surface area contributed by atoms with Crippen molar-refractivity contribution in [2.75, 3.05) is 18.6 Å². The fourth-order valence-electron chi connectivity index (χ4n) is 3.39. The lowest BCUT2D eigenvalue weighted by Crippen LogP contribution is -2.28. The molecule has 3 aromatic rings. The van der Waals surface area contributed by atoms with Crippen LogP contribution in [-0.2, 0) is 11.4 Å². The van der Waals surface area contributed by atoms with Crippen molar-refractivity contribution in [3.8, 4) is 11.8 Å². The summed E-state index contributed by atoms with van der Waals surface area (Å²) in [5.74, 6) is 6.18. The number of para-hydroxylation sites is 1. The summed E-state index contributed by atoms with van der Waals surface area (Å²) in [6, 6.07) is 22.9. The Kier molecular flexibility index (Phi) is 6.11. The van der Waals surface area contributed by atoms with Gasteiger partial charge < -0.3 is 14.8 Å². The number of oxime groups is 1. The maximum atomic E-state index is 12.4. The van der Waals surface area contributed by atoms with Crippen molar-refractivity contribution in [1.82, 2.24) is 0 Å². The summed E-state index contributed by atoms with van der Waals surface area (Å²) in [6.45, 7) is 0.764. The molecule has 0 radical (unpaired) electrons. The van der Waals surface area contributed by atoms with E-state index < -0.39 is 0 Å². The van der Waals surface area contributed by atoms with E-state index in [9.17, 15) is 4.79 Å². The minimum atomic E-state index is -0.0212. The lowest BCUT2D eigenvalue weighted by molar-refractivity contribution is 0.0992. The molecule has 3 aromatic carbocycles. The van der Waals surface area contributed by atoms with Gasteiger partial charge in [0.25, 0.3) is 5.91 Å². The first-order chi connectivity index (χ1) is 15.2. The molecule has 2 aliphatic rings. The van der Waals surface area contributed by atoms with Crippen LogP contribution in [0.4, 0.5) is 5.69 Å². The van der Waals surface area contributed by atoms with Gasteiger partial charge >= 0.3 is 0 Å². The highest BCUT2D eigenvalue weighted by molar-refractivity contribution is 6.08. The average molecular weight is 410 g/mol. The fourth-order valence-corrected chi connectivity index (χ4v) is 3.39. The van der Waals surface area contributed by atoms with Crippen molar-refractivity contribution in [2.24, 2.45) is 5.16 Å². The predicted octanol–water partition coefficient (Wildman–Crippen LogP) is 3.98. The monoisotopic (exact) mass is 410 g/mol. The number of hydrogen-bond donors (Lipinski definition) is 1.